The Hall–Kier alpha value is -2.41. The van der Waals surface area contributed by atoms with Crippen LogP contribution in [-0.2, 0) is 0 Å². The highest BCUT2D eigenvalue weighted by molar-refractivity contribution is 6.78. The number of carbonyl (C=O) groups is 1. The van der Waals surface area contributed by atoms with Crippen molar-refractivity contribution in [1.82, 2.24) is 5.12 Å². The summed E-state index contributed by atoms with van der Waals surface area (Å²) in [6.45, 7) is 3.49. The third-order valence-corrected chi connectivity index (χ3v) is 2.71. The maximum atomic E-state index is 13.2. The van der Waals surface area contributed by atoms with Gasteiger partial charge in [-0.1, -0.05) is 6.58 Å². The van der Waals surface area contributed by atoms with Crippen LogP contribution in [-0.4, -0.2) is 22.3 Å². The van der Waals surface area contributed by atoms with Gasteiger partial charge in [0.15, 0.2) is 17.5 Å². The van der Waals surface area contributed by atoms with Crippen LogP contribution in [0.1, 0.15) is 15.9 Å². The summed E-state index contributed by atoms with van der Waals surface area (Å²) in [5.74, 6) is 2.88. The predicted octanol–water partition coefficient (Wildman–Crippen LogP) is 0.967. The van der Waals surface area contributed by atoms with E-state index in [1.807, 2.05) is 0 Å². The molecular weight excluding hydrogens is 242 g/mol. The van der Waals surface area contributed by atoms with Crippen molar-refractivity contribution < 1.29 is 13.6 Å². The first-order valence-corrected chi connectivity index (χ1v) is 4.94. The van der Waals surface area contributed by atoms with Gasteiger partial charge in [0.05, 0.1) is 0 Å². The number of ketones is 1. The molecule has 1 aromatic carbocycles. The molecular formula is C11H6F2N4O. The van der Waals surface area contributed by atoms with E-state index in [0.717, 1.165) is 17.3 Å². The molecule has 90 valence electrons. The maximum absolute atomic E-state index is 13.2. The van der Waals surface area contributed by atoms with Crippen LogP contribution in [0.25, 0.3) is 0 Å². The zero-order valence-electron chi connectivity index (χ0n) is 8.94. The lowest BCUT2D eigenvalue weighted by Crippen LogP contribution is -2.32. The molecule has 0 unspecified atom stereocenters. The van der Waals surface area contributed by atoms with Crippen LogP contribution in [0.5, 0.6) is 0 Å². The number of aliphatic imine (C=N–C) groups is 1. The number of carbonyl (C=O) groups excluding carboxylic acids is 1. The smallest absolute Gasteiger partial charge is 0.214 e. The van der Waals surface area contributed by atoms with Crippen LogP contribution in [0, 0.1) is 11.6 Å². The number of fused-ring (bicyclic) bond motifs is 3. The Kier molecular flexibility index (Phi) is 1.96. The van der Waals surface area contributed by atoms with Crippen molar-refractivity contribution in [1.29, 1.82) is 0 Å². The molecule has 7 heteroatoms. The van der Waals surface area contributed by atoms with Gasteiger partial charge < -0.3 is 0 Å². The second kappa shape index (κ2) is 3.30. The molecule has 1 aromatic rings. The molecule has 1 heterocycles. The summed E-state index contributed by atoms with van der Waals surface area (Å²) in [5.41, 5.74) is 0.334. The van der Waals surface area contributed by atoms with Crippen LogP contribution in [0.2, 0.25) is 0 Å². The summed E-state index contributed by atoms with van der Waals surface area (Å²) in [6.07, 6.45) is 0. The molecule has 1 aliphatic heterocycles. The lowest BCUT2D eigenvalue weighted by molar-refractivity contribution is 0.106. The highest BCUT2D eigenvalue weighted by Crippen LogP contribution is 2.27. The van der Waals surface area contributed by atoms with Crippen molar-refractivity contribution in [2.75, 3.05) is 0 Å². The van der Waals surface area contributed by atoms with E-state index in [1.54, 1.807) is 0 Å². The second-order valence-corrected chi connectivity index (χ2v) is 3.81. The lowest BCUT2D eigenvalue weighted by atomic mass is 10.1. The van der Waals surface area contributed by atoms with Crippen molar-refractivity contribution in [2.24, 2.45) is 15.9 Å². The van der Waals surface area contributed by atoms with E-state index in [1.165, 1.54) is 0 Å². The molecule has 0 radical (unpaired) electrons. The van der Waals surface area contributed by atoms with Gasteiger partial charge in [-0.15, -0.1) is 0 Å². The van der Waals surface area contributed by atoms with Crippen molar-refractivity contribution in [3.8, 4) is 0 Å². The van der Waals surface area contributed by atoms with E-state index < -0.39 is 17.4 Å². The number of Topliss-reactive ketones (excluding diaryl/α,β-unsaturated/α-hetero) is 1. The van der Waals surface area contributed by atoms with Crippen LogP contribution in [0.4, 0.5) is 8.78 Å². The molecule has 1 aliphatic carbocycles. The Morgan fingerprint density at radius 3 is 2.44 bits per heavy atom. The van der Waals surface area contributed by atoms with Crippen LogP contribution in [0.15, 0.2) is 34.6 Å². The zero-order chi connectivity index (χ0) is 13.0. The molecule has 2 N–H and O–H groups in total. The highest BCUT2D eigenvalue weighted by Gasteiger charge is 2.37. The number of hydrazone groups is 1. The van der Waals surface area contributed by atoms with Gasteiger partial charge in [-0.2, -0.15) is 10.2 Å². The van der Waals surface area contributed by atoms with Crippen molar-refractivity contribution >= 4 is 17.2 Å². The summed E-state index contributed by atoms with van der Waals surface area (Å²) in [7, 11) is 0. The number of hydrogen-bond acceptors (Lipinski definition) is 5. The SMILES string of the molecule is C=C1N=C2C(=O)c3cc(F)c(F)cc3C2=NN1N. The van der Waals surface area contributed by atoms with Crippen molar-refractivity contribution in [3.63, 3.8) is 0 Å². The fourth-order valence-electron chi connectivity index (χ4n) is 1.84. The number of hydrazine groups is 1. The van der Waals surface area contributed by atoms with Gasteiger partial charge in [0.1, 0.15) is 11.4 Å². The van der Waals surface area contributed by atoms with Crippen LogP contribution >= 0.6 is 0 Å². The van der Waals surface area contributed by atoms with E-state index in [4.69, 9.17) is 5.84 Å². The first-order chi connectivity index (χ1) is 8.49. The second-order valence-electron chi connectivity index (χ2n) is 3.81. The topological polar surface area (TPSA) is 71.0 Å². The fourth-order valence-corrected chi connectivity index (χ4v) is 1.84. The summed E-state index contributed by atoms with van der Waals surface area (Å²) in [6, 6.07) is 1.74. The van der Waals surface area contributed by atoms with Gasteiger partial charge in [0.2, 0.25) is 5.78 Å². The fraction of sp³-hybridized carbons (Fsp3) is 0. The summed E-state index contributed by atoms with van der Waals surface area (Å²) < 4.78 is 26.3. The van der Waals surface area contributed by atoms with Gasteiger partial charge in [-0.05, 0) is 12.1 Å². The summed E-state index contributed by atoms with van der Waals surface area (Å²) in [5, 5.41) is 4.75. The minimum atomic E-state index is -1.09. The first kappa shape index (κ1) is 10.7. The predicted molar refractivity (Wildman–Crippen MR) is 59.8 cm³/mol. The molecule has 18 heavy (non-hydrogen) atoms. The van der Waals surface area contributed by atoms with E-state index >= 15 is 0 Å². The third kappa shape index (κ3) is 1.25. The number of hydrogen-bond donors (Lipinski definition) is 1. The Balaban J connectivity index is 2.29. The minimum Gasteiger partial charge on any atom is -0.287 e. The monoisotopic (exact) mass is 248 g/mol. The van der Waals surface area contributed by atoms with Gasteiger partial charge in [0, 0.05) is 11.1 Å². The Morgan fingerprint density at radius 2 is 1.78 bits per heavy atom. The molecule has 3 rings (SSSR count). The number of nitrogens with zero attached hydrogens (tertiary/aromatic N) is 3. The van der Waals surface area contributed by atoms with E-state index in [9.17, 15) is 13.6 Å². The van der Waals surface area contributed by atoms with Crippen molar-refractivity contribution in [3.05, 3.63) is 47.3 Å². The van der Waals surface area contributed by atoms with Gasteiger partial charge >= 0.3 is 0 Å². The normalized spacial score (nSPS) is 17.4. The maximum Gasteiger partial charge on any atom is 0.214 e. The molecule has 2 aliphatic rings. The van der Waals surface area contributed by atoms with Gasteiger partial charge in [-0.25, -0.2) is 19.6 Å². The Labute approximate surface area is 99.9 Å². The van der Waals surface area contributed by atoms with E-state index in [0.29, 0.717) is 0 Å². The highest BCUT2D eigenvalue weighted by atomic mass is 19.2. The minimum absolute atomic E-state index is 0.00157. The lowest BCUT2D eigenvalue weighted by Gasteiger charge is -2.17. The number of rotatable bonds is 0. The van der Waals surface area contributed by atoms with Gasteiger partial charge in [-0.3, -0.25) is 4.79 Å². The molecule has 0 atom stereocenters. The molecule has 0 bridgehead atoms. The summed E-state index contributed by atoms with van der Waals surface area (Å²) >= 11 is 0. The average molecular weight is 248 g/mol. The quantitative estimate of drug-likeness (QED) is 0.695. The van der Waals surface area contributed by atoms with Crippen molar-refractivity contribution in [2.45, 2.75) is 0 Å². The Bertz CT molecular complexity index is 678. The molecule has 0 fully saturated rings. The molecule has 0 amide bonds. The average Bonchev–Trinajstić information content (AvgIpc) is 2.56. The van der Waals surface area contributed by atoms with Crippen LogP contribution < -0.4 is 5.84 Å². The molecule has 0 saturated carbocycles. The van der Waals surface area contributed by atoms with Gasteiger partial charge in [0.25, 0.3) is 0 Å². The standard InChI is InChI=1S/C11H6F2N4O/c1-4-15-10-9(16-17(4)14)5-2-7(12)8(13)3-6(5)11(10)18/h2-3H,1,14H2. The third-order valence-electron chi connectivity index (χ3n) is 2.71. The zero-order valence-corrected chi connectivity index (χ0v) is 8.94. The largest absolute Gasteiger partial charge is 0.287 e. The molecule has 0 aromatic heterocycles. The van der Waals surface area contributed by atoms with Crippen LogP contribution in [0.3, 0.4) is 0 Å². The van der Waals surface area contributed by atoms with E-state index in [2.05, 4.69) is 16.7 Å². The molecule has 0 spiro atoms. The number of nitrogens with two attached hydrogens (primary N) is 1. The first-order valence-electron chi connectivity index (χ1n) is 4.94. The summed E-state index contributed by atoms with van der Waals surface area (Å²) in [4.78, 5) is 15.8. The Morgan fingerprint density at radius 1 is 1.17 bits per heavy atom. The number of benzene rings is 1. The number of halogens is 2. The molecule has 0 saturated heterocycles. The molecule has 5 nitrogen and oxygen atoms in total. The van der Waals surface area contributed by atoms with E-state index in [-0.39, 0.29) is 28.4 Å².